The van der Waals surface area contributed by atoms with Gasteiger partial charge in [0, 0.05) is 37.4 Å². The second kappa shape index (κ2) is 14.1. The van der Waals surface area contributed by atoms with Crippen molar-refractivity contribution in [2.45, 2.75) is 38.3 Å². The Morgan fingerprint density at radius 1 is 0.636 bits per heavy atom. The Balaban J connectivity index is 0.000000245. The largest absolute Gasteiger partial charge is 0.383 e. The molecule has 2 aliphatic heterocycles. The Hall–Kier alpha value is -4.84. The number of anilines is 5. The van der Waals surface area contributed by atoms with E-state index in [4.69, 9.17) is 47.6 Å². The van der Waals surface area contributed by atoms with Crippen molar-refractivity contribution < 1.29 is 18.9 Å². The van der Waals surface area contributed by atoms with E-state index in [1.807, 2.05) is 30.3 Å². The van der Waals surface area contributed by atoms with Crippen molar-refractivity contribution in [3.05, 3.63) is 54.5 Å². The minimum absolute atomic E-state index is 0.0976. The number of rotatable bonds is 7. The second-order valence-corrected chi connectivity index (χ2v) is 10.3. The predicted octanol–water partition coefficient (Wildman–Crippen LogP) is 0.409. The second-order valence-electron chi connectivity index (χ2n) is 10.3. The van der Waals surface area contributed by atoms with Gasteiger partial charge in [-0.1, -0.05) is 30.3 Å². The van der Waals surface area contributed by atoms with E-state index in [2.05, 4.69) is 39.9 Å². The van der Waals surface area contributed by atoms with Crippen molar-refractivity contribution in [2.24, 2.45) is 5.41 Å². The summed E-state index contributed by atoms with van der Waals surface area (Å²) in [6.07, 6.45) is 4.58. The smallest absolute Gasteiger partial charge is 0.225 e. The van der Waals surface area contributed by atoms with E-state index in [9.17, 15) is 0 Å². The van der Waals surface area contributed by atoms with Gasteiger partial charge in [0.15, 0.2) is 12.6 Å². The molecule has 10 N–H and O–H groups in total. The molecule has 0 radical (unpaired) electrons. The maximum absolute atomic E-state index is 5.87. The lowest BCUT2D eigenvalue weighted by Crippen LogP contribution is -2.52. The van der Waals surface area contributed by atoms with E-state index in [0.717, 1.165) is 11.1 Å². The molecule has 0 unspecified atom stereocenters. The van der Waals surface area contributed by atoms with Gasteiger partial charge >= 0.3 is 0 Å². The predicted molar refractivity (Wildman–Crippen MR) is 160 cm³/mol. The number of aromatic nitrogens is 8. The average Bonchev–Trinajstić information content (AvgIpc) is 3.01. The summed E-state index contributed by atoms with van der Waals surface area (Å²) in [6.45, 7) is 1.86. The van der Waals surface area contributed by atoms with Crippen LogP contribution in [0, 0.1) is 5.41 Å². The van der Waals surface area contributed by atoms with Gasteiger partial charge in [0.25, 0.3) is 0 Å². The number of nitrogen functional groups attached to an aromatic ring is 5. The summed E-state index contributed by atoms with van der Waals surface area (Å²) in [5, 5.41) is 0. The van der Waals surface area contributed by atoms with Gasteiger partial charge in [0.2, 0.25) is 23.8 Å². The first kappa shape index (κ1) is 30.6. The first-order chi connectivity index (χ1) is 21.3. The van der Waals surface area contributed by atoms with E-state index in [0.29, 0.717) is 69.6 Å². The third-order valence-corrected chi connectivity index (χ3v) is 6.77. The Labute approximate surface area is 253 Å². The molecule has 0 amide bonds. The van der Waals surface area contributed by atoms with Gasteiger partial charge in [-0.25, -0.2) is 9.97 Å². The Bertz CT molecular complexity index is 1400. The Morgan fingerprint density at radius 2 is 1.09 bits per heavy atom. The van der Waals surface area contributed by atoms with Gasteiger partial charge in [-0.15, -0.1) is 0 Å². The monoisotopic (exact) mass is 605 g/mol. The van der Waals surface area contributed by atoms with Crippen LogP contribution in [0.5, 0.6) is 0 Å². The van der Waals surface area contributed by atoms with Crippen molar-refractivity contribution in [1.82, 2.24) is 39.9 Å². The molecule has 1 spiro atoms. The molecule has 2 saturated heterocycles. The number of hydrogen-bond donors (Lipinski definition) is 5. The van der Waals surface area contributed by atoms with Crippen LogP contribution in [0.3, 0.4) is 0 Å². The highest BCUT2D eigenvalue weighted by Crippen LogP contribution is 2.32. The van der Waals surface area contributed by atoms with Crippen molar-refractivity contribution in [1.29, 1.82) is 0 Å². The number of nitrogens with zero attached hydrogens (tertiary/aromatic N) is 8. The summed E-state index contributed by atoms with van der Waals surface area (Å²) in [7, 11) is 0. The zero-order chi connectivity index (χ0) is 30.9. The summed E-state index contributed by atoms with van der Waals surface area (Å²) >= 11 is 0. The highest BCUT2D eigenvalue weighted by molar-refractivity contribution is 5.72. The van der Waals surface area contributed by atoms with E-state index in [1.54, 1.807) is 6.20 Å². The van der Waals surface area contributed by atoms with Crippen LogP contribution in [-0.4, -0.2) is 78.9 Å². The van der Waals surface area contributed by atoms with Crippen LogP contribution in [0.2, 0.25) is 0 Å². The maximum Gasteiger partial charge on any atom is 0.225 e. The zero-order valence-electron chi connectivity index (χ0n) is 24.0. The van der Waals surface area contributed by atoms with Crippen LogP contribution in [-0.2, 0) is 31.8 Å². The molecule has 0 saturated carbocycles. The number of benzene rings is 1. The fraction of sp³-hybridized carbons (Fsp3) is 0.407. The summed E-state index contributed by atoms with van der Waals surface area (Å²) in [5.74, 6) is 1.92. The van der Waals surface area contributed by atoms with E-state index in [1.165, 1.54) is 6.33 Å². The fourth-order valence-corrected chi connectivity index (χ4v) is 4.57. The van der Waals surface area contributed by atoms with Crippen LogP contribution >= 0.6 is 0 Å². The molecule has 2 fully saturated rings. The lowest BCUT2D eigenvalue weighted by Gasteiger charge is -2.43. The third kappa shape index (κ3) is 8.38. The molecule has 232 valence electrons. The Morgan fingerprint density at radius 3 is 1.52 bits per heavy atom. The van der Waals surface area contributed by atoms with Crippen LogP contribution in [0.4, 0.5) is 29.6 Å². The van der Waals surface area contributed by atoms with Gasteiger partial charge in [0.05, 0.1) is 31.8 Å². The highest BCUT2D eigenvalue weighted by Gasteiger charge is 2.42. The molecule has 2 aliphatic rings. The van der Waals surface area contributed by atoms with Gasteiger partial charge in [-0.05, 0) is 5.56 Å². The molecule has 17 heteroatoms. The fourth-order valence-electron chi connectivity index (χ4n) is 4.57. The number of ether oxygens (including phenoxy) is 4. The molecular weight excluding hydrogens is 570 g/mol. The van der Waals surface area contributed by atoms with Crippen LogP contribution in [0.1, 0.15) is 24.5 Å². The SMILES string of the molecule is Nc1nc(N)nc(CCC2OCC3(CO2)COC(CCc2nc(N)nc(N)n2)OC3)n1.Nc1ncncc1-c1ccccc1. The molecule has 4 aromatic rings. The average molecular weight is 606 g/mol. The maximum atomic E-state index is 5.87. The summed E-state index contributed by atoms with van der Waals surface area (Å²) < 4.78 is 23.5. The molecule has 17 nitrogen and oxygen atoms in total. The molecule has 3 aromatic heterocycles. The zero-order valence-corrected chi connectivity index (χ0v) is 24.0. The van der Waals surface area contributed by atoms with E-state index in [-0.39, 0.29) is 41.8 Å². The number of nitrogens with two attached hydrogens (primary N) is 5. The van der Waals surface area contributed by atoms with Crippen molar-refractivity contribution >= 4 is 29.6 Å². The quantitative estimate of drug-likeness (QED) is 0.191. The molecule has 1 aromatic carbocycles. The minimum atomic E-state index is -0.373. The molecule has 0 aliphatic carbocycles. The van der Waals surface area contributed by atoms with Gasteiger partial charge < -0.3 is 47.6 Å². The minimum Gasteiger partial charge on any atom is -0.383 e. The van der Waals surface area contributed by atoms with E-state index >= 15 is 0 Å². The molecule has 44 heavy (non-hydrogen) atoms. The first-order valence-corrected chi connectivity index (χ1v) is 13.9. The van der Waals surface area contributed by atoms with E-state index < -0.39 is 0 Å². The molecular formula is C27H35N13O4. The lowest BCUT2D eigenvalue weighted by molar-refractivity contribution is -0.303. The topological polar surface area (TPSA) is 270 Å². The standard InChI is InChI=1S/C17H26N10O4.C10H9N3/c18-13-22-9(23-14(19)26-13)1-3-11-28-5-17(6-29-11)7-30-12(31-8-17)4-2-10-24-15(20)27-16(21)25-10;11-10-9(6-12-7-13-10)8-4-2-1-3-5-8/h11-12H,1-8H2,(H4,18,19,22,23,26)(H4,20,21,24,25,27);1-7H,(H2,11,12,13). The normalized spacial score (nSPS) is 21.4. The van der Waals surface area contributed by atoms with Gasteiger partial charge in [0.1, 0.15) is 23.8 Å². The van der Waals surface area contributed by atoms with Crippen LogP contribution in [0.25, 0.3) is 11.1 Å². The molecule has 5 heterocycles. The van der Waals surface area contributed by atoms with Gasteiger partial charge in [-0.3, -0.25) is 0 Å². The summed E-state index contributed by atoms with van der Waals surface area (Å²) in [4.78, 5) is 31.6. The lowest BCUT2D eigenvalue weighted by atomic mass is 9.90. The number of hydrogen-bond acceptors (Lipinski definition) is 17. The molecule has 6 rings (SSSR count). The summed E-state index contributed by atoms with van der Waals surface area (Å²) in [6, 6.07) is 9.84. The van der Waals surface area contributed by atoms with Gasteiger partial charge in [-0.2, -0.15) is 29.9 Å². The van der Waals surface area contributed by atoms with Crippen molar-refractivity contribution in [3.63, 3.8) is 0 Å². The first-order valence-electron chi connectivity index (χ1n) is 13.9. The van der Waals surface area contributed by atoms with Crippen molar-refractivity contribution in [2.75, 3.05) is 55.1 Å². The Kier molecular flexibility index (Phi) is 9.80. The molecule has 0 bridgehead atoms. The summed E-state index contributed by atoms with van der Waals surface area (Å²) in [5.41, 5.74) is 29.6. The van der Waals surface area contributed by atoms with Crippen LogP contribution in [0.15, 0.2) is 42.9 Å². The third-order valence-electron chi connectivity index (χ3n) is 6.77. The van der Waals surface area contributed by atoms with Crippen molar-refractivity contribution in [3.8, 4) is 11.1 Å². The van der Waals surface area contributed by atoms with Crippen LogP contribution < -0.4 is 28.7 Å². The highest BCUT2D eigenvalue weighted by atomic mass is 16.7. The molecule has 0 atom stereocenters. The number of aryl methyl sites for hydroxylation is 2.